The molecule has 0 spiro atoms. The van der Waals surface area contributed by atoms with Crippen LogP contribution in [0.4, 0.5) is 38.2 Å². The number of carbonyl (C=O) groups excluding carboxylic acids is 2. The number of rotatable bonds is 11. The molecule has 290 valence electrons. The zero-order valence-electron chi connectivity index (χ0n) is 28.1. The molecule has 0 radical (unpaired) electrons. The molecule has 0 saturated heterocycles. The summed E-state index contributed by atoms with van der Waals surface area (Å²) in [6.45, 7) is 1.92. The number of para-hydroxylation sites is 2. The van der Waals surface area contributed by atoms with Crippen molar-refractivity contribution in [1.82, 2.24) is 25.4 Å². The van der Waals surface area contributed by atoms with E-state index in [9.17, 15) is 35.9 Å². The predicted octanol–water partition coefficient (Wildman–Crippen LogP) is 7.15. The fraction of sp³-hybridized carbons (Fsp3) is 0.371. The molecule has 0 atom stereocenters. The molecule has 5 N–H and O–H groups in total. The highest BCUT2D eigenvalue weighted by atomic mass is 19.4. The summed E-state index contributed by atoms with van der Waals surface area (Å²) in [5, 5.41) is 6.20. The van der Waals surface area contributed by atoms with Crippen molar-refractivity contribution < 1.29 is 50.1 Å². The van der Waals surface area contributed by atoms with E-state index in [0.717, 1.165) is 12.8 Å². The zero-order valence-corrected chi connectivity index (χ0v) is 28.1. The van der Waals surface area contributed by atoms with Crippen molar-refractivity contribution in [3.8, 4) is 11.5 Å². The molecule has 13 nitrogen and oxygen atoms in total. The maximum absolute atomic E-state index is 12.7. The van der Waals surface area contributed by atoms with Crippen LogP contribution >= 0.6 is 0 Å². The second-order valence-corrected chi connectivity index (χ2v) is 12.0. The summed E-state index contributed by atoms with van der Waals surface area (Å²) >= 11 is 0. The van der Waals surface area contributed by atoms with Crippen LogP contribution in [-0.4, -0.2) is 51.1 Å². The number of carbonyl (C=O) groups is 2. The SMILES string of the molecule is C.CCOC(=O)c1cnc(NC2(c3ccccc3OC(F)(F)F)CCC2)nc1.NNC(=O)c1cnc(NC2(c3ccccc3OC(F)(F)F)CCC2)nc1. The van der Waals surface area contributed by atoms with Gasteiger partial charge in [-0.15, -0.1) is 26.3 Å². The molecule has 54 heavy (non-hydrogen) atoms. The first-order valence-electron chi connectivity index (χ1n) is 16.2. The van der Waals surface area contributed by atoms with Crippen molar-refractivity contribution >= 4 is 23.8 Å². The summed E-state index contributed by atoms with van der Waals surface area (Å²) in [5.74, 6) is 3.86. The number of nitrogens with two attached hydrogens (primary N) is 1. The third kappa shape index (κ3) is 10.0. The Kier molecular flexibility index (Phi) is 12.9. The molecule has 19 heteroatoms. The number of halogens is 6. The fourth-order valence-electron chi connectivity index (χ4n) is 5.87. The first kappa shape index (κ1) is 41.0. The lowest BCUT2D eigenvalue weighted by molar-refractivity contribution is -0.276. The lowest BCUT2D eigenvalue weighted by atomic mass is 9.71. The Morgan fingerprint density at radius 1 is 0.704 bits per heavy atom. The van der Waals surface area contributed by atoms with Crippen LogP contribution in [0.3, 0.4) is 0 Å². The maximum atomic E-state index is 12.7. The van der Waals surface area contributed by atoms with E-state index in [1.54, 1.807) is 31.2 Å². The molecule has 2 aliphatic rings. The van der Waals surface area contributed by atoms with Crippen molar-refractivity contribution in [3.05, 3.63) is 95.6 Å². The van der Waals surface area contributed by atoms with Crippen LogP contribution in [0.2, 0.25) is 0 Å². The molecular formula is C35H38F6N8O5. The summed E-state index contributed by atoms with van der Waals surface area (Å²) in [7, 11) is 0. The number of benzene rings is 2. The second-order valence-electron chi connectivity index (χ2n) is 12.0. The molecular weight excluding hydrogens is 726 g/mol. The number of ether oxygens (including phenoxy) is 3. The van der Waals surface area contributed by atoms with Gasteiger partial charge in [-0.2, -0.15) is 0 Å². The van der Waals surface area contributed by atoms with Gasteiger partial charge in [0.15, 0.2) is 0 Å². The summed E-state index contributed by atoms with van der Waals surface area (Å²) in [6, 6.07) is 12.0. The van der Waals surface area contributed by atoms with Crippen LogP contribution in [-0.2, 0) is 15.8 Å². The van der Waals surface area contributed by atoms with Gasteiger partial charge in [0.05, 0.1) is 28.8 Å². The summed E-state index contributed by atoms with van der Waals surface area (Å²) in [4.78, 5) is 39.3. The lowest BCUT2D eigenvalue weighted by Gasteiger charge is -2.43. The number of alkyl halides is 6. The van der Waals surface area contributed by atoms with Crippen LogP contribution in [0.25, 0.3) is 0 Å². The number of hydrogen-bond acceptors (Lipinski definition) is 12. The molecule has 2 aliphatic carbocycles. The first-order chi connectivity index (χ1) is 25.2. The maximum Gasteiger partial charge on any atom is 0.573 e. The third-order valence-corrected chi connectivity index (χ3v) is 8.58. The minimum Gasteiger partial charge on any atom is -0.462 e. The van der Waals surface area contributed by atoms with E-state index in [0.29, 0.717) is 36.8 Å². The number of hydrogen-bond donors (Lipinski definition) is 4. The number of hydrazine groups is 1. The van der Waals surface area contributed by atoms with Gasteiger partial charge in [0.2, 0.25) is 11.9 Å². The quantitative estimate of drug-likeness (QED) is 0.0400. The minimum atomic E-state index is -4.78. The van der Waals surface area contributed by atoms with Gasteiger partial charge in [-0.25, -0.2) is 30.6 Å². The number of esters is 1. The van der Waals surface area contributed by atoms with Crippen molar-refractivity contribution in [2.45, 2.75) is 76.7 Å². The number of nitrogen functional groups attached to an aromatic ring is 1. The van der Waals surface area contributed by atoms with E-state index < -0.39 is 35.7 Å². The standard InChI is InChI=1S/C18H18F3N3O3.C16H16F3N5O2.CH4/c1-2-26-15(25)12-10-22-16(23-11-12)24-17(8-5-9-17)13-6-3-4-7-14(13)27-18(19,20)21;17-16(18,19)26-12-5-2-1-4-11(12)15(6-3-7-15)23-14-21-8-10(9-22-14)13(25)24-20;/h3-4,6-7,10-11H,2,5,8-9H2,1H3,(H,22,23,24);1-2,4-5,8-9H,3,6-7,20H2,(H,24,25)(H,21,22,23);1H4. The molecule has 0 bridgehead atoms. The highest BCUT2D eigenvalue weighted by Gasteiger charge is 2.44. The monoisotopic (exact) mass is 764 g/mol. The molecule has 2 aromatic carbocycles. The Balaban J connectivity index is 0.000000236. The van der Waals surface area contributed by atoms with E-state index in [2.05, 4.69) is 40.0 Å². The molecule has 2 saturated carbocycles. The van der Waals surface area contributed by atoms with Crippen LogP contribution in [0.1, 0.15) is 84.7 Å². The fourth-order valence-corrected chi connectivity index (χ4v) is 5.87. The van der Waals surface area contributed by atoms with Crippen LogP contribution in [0.5, 0.6) is 11.5 Å². The largest absolute Gasteiger partial charge is 0.573 e. The Bertz CT molecular complexity index is 1870. The number of amides is 1. The Morgan fingerprint density at radius 2 is 1.09 bits per heavy atom. The summed E-state index contributed by atoms with van der Waals surface area (Å²) in [5.41, 5.74) is 1.59. The average molecular weight is 765 g/mol. The summed E-state index contributed by atoms with van der Waals surface area (Å²) in [6.07, 6.45) is -0.287. The smallest absolute Gasteiger partial charge is 0.462 e. The number of aromatic nitrogens is 4. The number of nitrogens with zero attached hydrogens (tertiary/aromatic N) is 4. The van der Waals surface area contributed by atoms with E-state index in [-0.39, 0.29) is 48.6 Å². The Labute approximate surface area is 306 Å². The van der Waals surface area contributed by atoms with Gasteiger partial charge in [0.25, 0.3) is 5.91 Å². The first-order valence-corrected chi connectivity index (χ1v) is 16.2. The lowest BCUT2D eigenvalue weighted by Crippen LogP contribution is -2.43. The van der Waals surface area contributed by atoms with Gasteiger partial charge in [-0.05, 0) is 57.6 Å². The molecule has 1 amide bonds. The molecule has 0 aliphatic heterocycles. The van der Waals surface area contributed by atoms with Crippen molar-refractivity contribution in [2.75, 3.05) is 17.2 Å². The Hall–Kier alpha value is -5.72. The van der Waals surface area contributed by atoms with Gasteiger partial charge in [-0.3, -0.25) is 10.2 Å². The van der Waals surface area contributed by atoms with Gasteiger partial charge >= 0.3 is 18.7 Å². The highest BCUT2D eigenvalue weighted by molar-refractivity contribution is 5.93. The molecule has 2 aromatic heterocycles. The summed E-state index contributed by atoms with van der Waals surface area (Å²) < 4.78 is 89.5. The van der Waals surface area contributed by atoms with E-state index >= 15 is 0 Å². The van der Waals surface area contributed by atoms with Crippen LogP contribution < -0.4 is 31.4 Å². The van der Waals surface area contributed by atoms with Crippen LogP contribution in [0, 0.1) is 0 Å². The predicted molar refractivity (Wildman–Crippen MR) is 183 cm³/mol. The highest BCUT2D eigenvalue weighted by Crippen LogP contribution is 2.49. The van der Waals surface area contributed by atoms with Gasteiger partial charge < -0.3 is 24.8 Å². The van der Waals surface area contributed by atoms with Gasteiger partial charge in [-0.1, -0.05) is 43.8 Å². The number of nitrogens with one attached hydrogen (secondary N) is 3. The van der Waals surface area contributed by atoms with E-state index in [1.807, 2.05) is 5.43 Å². The van der Waals surface area contributed by atoms with Gasteiger partial charge in [0.1, 0.15) is 11.5 Å². The van der Waals surface area contributed by atoms with Crippen molar-refractivity contribution in [1.29, 1.82) is 0 Å². The normalized spacial score (nSPS) is 15.3. The molecule has 2 heterocycles. The molecule has 6 rings (SSSR count). The molecule has 0 unspecified atom stereocenters. The molecule has 4 aromatic rings. The van der Waals surface area contributed by atoms with Crippen LogP contribution in [0.15, 0.2) is 73.3 Å². The van der Waals surface area contributed by atoms with Crippen molar-refractivity contribution in [3.63, 3.8) is 0 Å². The van der Waals surface area contributed by atoms with E-state index in [4.69, 9.17) is 10.6 Å². The second kappa shape index (κ2) is 17.0. The average Bonchev–Trinajstić information content (AvgIpc) is 3.08. The van der Waals surface area contributed by atoms with Gasteiger partial charge in [0, 0.05) is 35.9 Å². The molecule has 2 fully saturated rings. The van der Waals surface area contributed by atoms with Crippen molar-refractivity contribution in [2.24, 2.45) is 5.84 Å². The zero-order chi connectivity index (χ0) is 38.3. The topological polar surface area (TPSA) is 176 Å². The number of anilines is 2. The third-order valence-electron chi connectivity index (χ3n) is 8.58. The minimum absolute atomic E-state index is 0. The van der Waals surface area contributed by atoms with E-state index in [1.165, 1.54) is 49.1 Å². The Morgan fingerprint density at radius 3 is 1.43 bits per heavy atom.